The maximum atomic E-state index is 12.4. The van der Waals surface area contributed by atoms with Crippen LogP contribution in [0.5, 0.6) is 0 Å². The zero-order valence-corrected chi connectivity index (χ0v) is 12.9. The van der Waals surface area contributed by atoms with Crippen LogP contribution in [-0.2, 0) is 11.2 Å². The first-order valence-electron chi connectivity index (χ1n) is 7.30. The number of hydrogen-bond acceptors (Lipinski definition) is 2. The molecule has 1 aromatic rings. The third kappa shape index (κ3) is 4.50. The van der Waals surface area contributed by atoms with Crippen LogP contribution < -0.4 is 0 Å². The molecule has 1 fully saturated rings. The number of hydrogen-bond donors (Lipinski definition) is 0. The third-order valence-electron chi connectivity index (χ3n) is 3.82. The van der Waals surface area contributed by atoms with Crippen molar-refractivity contribution in [1.82, 2.24) is 9.80 Å². The Bertz CT molecular complexity index is 433. The summed E-state index contributed by atoms with van der Waals surface area (Å²) in [5, 5.41) is 0. The van der Waals surface area contributed by atoms with E-state index >= 15 is 0 Å². The molecule has 0 atom stereocenters. The molecule has 0 aromatic heterocycles. The molecule has 0 radical (unpaired) electrons. The number of amides is 1. The van der Waals surface area contributed by atoms with Crippen LogP contribution in [0.15, 0.2) is 24.3 Å². The molecule has 0 spiro atoms. The fraction of sp³-hybridized carbons (Fsp3) is 0.562. The topological polar surface area (TPSA) is 23.6 Å². The van der Waals surface area contributed by atoms with Gasteiger partial charge in [0, 0.05) is 32.1 Å². The van der Waals surface area contributed by atoms with Gasteiger partial charge < -0.3 is 9.80 Å². The standard InChI is InChI=1S/C16H23ClN2O/c1-14-3-5-15(6-4-14)13-16(20)19-9-2-8-18(10-7-17)11-12-19/h3-6H,2,7-13H2,1H3. The molecule has 0 unspecified atom stereocenters. The smallest absolute Gasteiger partial charge is 0.227 e. The second kappa shape index (κ2) is 7.65. The van der Waals surface area contributed by atoms with Gasteiger partial charge in [0.05, 0.1) is 6.42 Å². The van der Waals surface area contributed by atoms with Gasteiger partial charge in [0.25, 0.3) is 0 Å². The summed E-state index contributed by atoms with van der Waals surface area (Å²) in [7, 11) is 0. The number of nitrogens with zero attached hydrogens (tertiary/aromatic N) is 2. The first-order chi connectivity index (χ1) is 9.69. The van der Waals surface area contributed by atoms with E-state index in [1.54, 1.807) is 0 Å². The summed E-state index contributed by atoms with van der Waals surface area (Å²) in [5.41, 5.74) is 2.33. The molecule has 0 N–H and O–H groups in total. The summed E-state index contributed by atoms with van der Waals surface area (Å²) in [6.07, 6.45) is 1.55. The molecule has 1 aromatic carbocycles. The van der Waals surface area contributed by atoms with Crippen molar-refractivity contribution in [3.63, 3.8) is 0 Å². The number of rotatable bonds is 4. The Balaban J connectivity index is 1.87. The minimum absolute atomic E-state index is 0.238. The minimum atomic E-state index is 0.238. The largest absolute Gasteiger partial charge is 0.341 e. The maximum absolute atomic E-state index is 12.4. The zero-order chi connectivity index (χ0) is 14.4. The predicted molar refractivity (Wildman–Crippen MR) is 83.2 cm³/mol. The fourth-order valence-electron chi connectivity index (χ4n) is 2.56. The molecule has 1 aliphatic heterocycles. The van der Waals surface area contributed by atoms with Crippen LogP contribution in [0.25, 0.3) is 0 Å². The second-order valence-corrected chi connectivity index (χ2v) is 5.81. The lowest BCUT2D eigenvalue weighted by Crippen LogP contribution is -2.36. The molecule has 0 aliphatic carbocycles. The van der Waals surface area contributed by atoms with Gasteiger partial charge in [0.15, 0.2) is 0 Å². The van der Waals surface area contributed by atoms with Crippen molar-refractivity contribution in [2.24, 2.45) is 0 Å². The molecule has 1 heterocycles. The minimum Gasteiger partial charge on any atom is -0.341 e. The van der Waals surface area contributed by atoms with Crippen LogP contribution in [0.2, 0.25) is 0 Å². The van der Waals surface area contributed by atoms with Gasteiger partial charge in [0.1, 0.15) is 0 Å². The lowest BCUT2D eigenvalue weighted by molar-refractivity contribution is -0.130. The molecule has 0 bridgehead atoms. The quantitative estimate of drug-likeness (QED) is 0.796. The summed E-state index contributed by atoms with van der Waals surface area (Å²) >= 11 is 5.78. The number of aryl methyl sites for hydroxylation is 1. The van der Waals surface area contributed by atoms with Gasteiger partial charge in [-0.3, -0.25) is 4.79 Å². The molecule has 110 valence electrons. The van der Waals surface area contributed by atoms with Crippen LogP contribution >= 0.6 is 11.6 Å². The monoisotopic (exact) mass is 294 g/mol. The van der Waals surface area contributed by atoms with Gasteiger partial charge in [-0.15, -0.1) is 11.6 Å². The van der Waals surface area contributed by atoms with E-state index in [9.17, 15) is 4.79 Å². The second-order valence-electron chi connectivity index (χ2n) is 5.43. The highest BCUT2D eigenvalue weighted by Gasteiger charge is 2.18. The first kappa shape index (κ1) is 15.3. The molecule has 4 heteroatoms. The predicted octanol–water partition coefficient (Wildman–Crippen LogP) is 2.31. The Morgan fingerprint density at radius 1 is 1.15 bits per heavy atom. The number of carbonyl (C=O) groups excluding carboxylic acids is 1. The summed E-state index contributed by atoms with van der Waals surface area (Å²) in [5.74, 6) is 0.902. The maximum Gasteiger partial charge on any atom is 0.227 e. The SMILES string of the molecule is Cc1ccc(CC(=O)N2CCCN(CCCl)CC2)cc1. The van der Waals surface area contributed by atoms with Gasteiger partial charge in [-0.1, -0.05) is 29.8 Å². The zero-order valence-electron chi connectivity index (χ0n) is 12.1. The van der Waals surface area contributed by atoms with Crippen LogP contribution in [0, 0.1) is 6.92 Å². The lowest BCUT2D eigenvalue weighted by Gasteiger charge is -2.21. The molecule has 2 rings (SSSR count). The van der Waals surface area contributed by atoms with Gasteiger partial charge >= 0.3 is 0 Å². The Labute approximate surface area is 126 Å². The fourth-order valence-corrected chi connectivity index (χ4v) is 2.79. The van der Waals surface area contributed by atoms with Crippen molar-refractivity contribution in [2.45, 2.75) is 19.8 Å². The number of alkyl halides is 1. The van der Waals surface area contributed by atoms with Gasteiger partial charge in [-0.25, -0.2) is 0 Å². The van der Waals surface area contributed by atoms with Crippen LogP contribution in [0.4, 0.5) is 0 Å². The van der Waals surface area contributed by atoms with E-state index in [0.29, 0.717) is 12.3 Å². The van der Waals surface area contributed by atoms with Crippen LogP contribution in [0.3, 0.4) is 0 Å². The Hall–Kier alpha value is -1.06. The normalized spacial score (nSPS) is 17.0. The Kier molecular flexibility index (Phi) is 5.86. The van der Waals surface area contributed by atoms with E-state index < -0.39 is 0 Å². The summed E-state index contributed by atoms with van der Waals surface area (Å²) in [4.78, 5) is 16.7. The summed E-state index contributed by atoms with van der Waals surface area (Å²) < 4.78 is 0. The van der Waals surface area contributed by atoms with E-state index in [1.165, 1.54) is 5.56 Å². The molecule has 1 amide bonds. The Morgan fingerprint density at radius 3 is 2.60 bits per heavy atom. The van der Waals surface area contributed by atoms with E-state index in [-0.39, 0.29) is 5.91 Å². The first-order valence-corrected chi connectivity index (χ1v) is 7.84. The molecular formula is C16H23ClN2O. The van der Waals surface area contributed by atoms with Crippen molar-refractivity contribution < 1.29 is 4.79 Å². The highest BCUT2D eigenvalue weighted by atomic mass is 35.5. The highest BCUT2D eigenvalue weighted by Crippen LogP contribution is 2.09. The average molecular weight is 295 g/mol. The number of carbonyl (C=O) groups is 1. The van der Waals surface area contributed by atoms with Crippen LogP contribution in [-0.4, -0.2) is 54.3 Å². The van der Waals surface area contributed by atoms with Gasteiger partial charge in [0.2, 0.25) is 5.91 Å². The van der Waals surface area contributed by atoms with Gasteiger partial charge in [-0.05, 0) is 25.5 Å². The van der Waals surface area contributed by atoms with E-state index in [1.807, 2.05) is 17.0 Å². The third-order valence-corrected chi connectivity index (χ3v) is 3.99. The summed E-state index contributed by atoms with van der Waals surface area (Å²) in [6, 6.07) is 8.22. The summed E-state index contributed by atoms with van der Waals surface area (Å²) in [6.45, 7) is 6.64. The van der Waals surface area contributed by atoms with Gasteiger partial charge in [-0.2, -0.15) is 0 Å². The molecular weight excluding hydrogens is 272 g/mol. The van der Waals surface area contributed by atoms with Crippen molar-refractivity contribution >= 4 is 17.5 Å². The van der Waals surface area contributed by atoms with Crippen molar-refractivity contribution in [1.29, 1.82) is 0 Å². The molecule has 1 aliphatic rings. The number of halogens is 1. The molecule has 3 nitrogen and oxygen atoms in total. The average Bonchev–Trinajstić information content (AvgIpc) is 2.67. The lowest BCUT2D eigenvalue weighted by atomic mass is 10.1. The van der Waals surface area contributed by atoms with E-state index in [0.717, 1.165) is 44.7 Å². The van der Waals surface area contributed by atoms with Crippen molar-refractivity contribution in [2.75, 3.05) is 38.6 Å². The van der Waals surface area contributed by atoms with Crippen LogP contribution in [0.1, 0.15) is 17.5 Å². The highest BCUT2D eigenvalue weighted by molar-refractivity contribution is 6.18. The Morgan fingerprint density at radius 2 is 1.90 bits per heavy atom. The van der Waals surface area contributed by atoms with E-state index in [2.05, 4.69) is 24.0 Å². The van der Waals surface area contributed by atoms with Crippen molar-refractivity contribution in [3.05, 3.63) is 35.4 Å². The molecule has 20 heavy (non-hydrogen) atoms. The number of benzene rings is 1. The van der Waals surface area contributed by atoms with E-state index in [4.69, 9.17) is 11.6 Å². The van der Waals surface area contributed by atoms with Crippen molar-refractivity contribution in [3.8, 4) is 0 Å². The molecule has 0 saturated carbocycles. The molecule has 1 saturated heterocycles.